The van der Waals surface area contributed by atoms with Crippen LogP contribution in [0.2, 0.25) is 0 Å². The highest BCUT2D eigenvalue weighted by Gasteiger charge is 2.56. The van der Waals surface area contributed by atoms with E-state index in [-0.39, 0.29) is 18.0 Å². The Balaban J connectivity index is 2.16. The van der Waals surface area contributed by atoms with Crippen LogP contribution in [-0.4, -0.2) is 36.7 Å². The van der Waals surface area contributed by atoms with E-state index in [0.29, 0.717) is 0 Å². The third-order valence-corrected chi connectivity index (χ3v) is 5.65. The van der Waals surface area contributed by atoms with Crippen molar-refractivity contribution in [2.75, 3.05) is 19.1 Å². The molecule has 2 aromatic carbocycles. The summed E-state index contributed by atoms with van der Waals surface area (Å²) in [7, 11) is 3.52. The Morgan fingerprint density at radius 1 is 1.11 bits per heavy atom. The van der Waals surface area contributed by atoms with E-state index in [1.54, 1.807) is 7.11 Å². The number of hydrogen-bond donors (Lipinski definition) is 0. The highest BCUT2D eigenvalue weighted by Crippen LogP contribution is 2.46. The number of urea groups is 1. The second-order valence-electron chi connectivity index (χ2n) is 7.61. The number of rotatable bonds is 5. The molecular weight excluding hydrogens is 336 g/mol. The lowest BCUT2D eigenvalue weighted by Gasteiger charge is -2.42. The standard InChI is InChI=1S/C23H28N2O2/c1-16(2)21-23(4,17(3)18-10-8-7-9-11-18)25(22(26)24(21)5)19-12-14-20(27-6)15-13-19/h7-16,21H,3H2,1-2,4-6H3/t21-,23-/m0/s1. The quantitative estimate of drug-likeness (QED) is 0.742. The second-order valence-corrected chi connectivity index (χ2v) is 7.61. The van der Waals surface area contributed by atoms with Gasteiger partial charge in [0, 0.05) is 12.7 Å². The maximum absolute atomic E-state index is 13.3. The van der Waals surface area contributed by atoms with Crippen LogP contribution in [0.4, 0.5) is 10.5 Å². The second kappa shape index (κ2) is 7.10. The molecule has 0 spiro atoms. The van der Waals surface area contributed by atoms with Gasteiger partial charge in [-0.2, -0.15) is 0 Å². The SMILES string of the molecule is C=C(c1ccccc1)[C@@]1(C)[C@H](C(C)C)N(C)C(=O)N1c1ccc(OC)cc1. The van der Waals surface area contributed by atoms with Gasteiger partial charge in [0.2, 0.25) is 0 Å². The summed E-state index contributed by atoms with van der Waals surface area (Å²) in [5.41, 5.74) is 2.26. The molecule has 4 nitrogen and oxygen atoms in total. The van der Waals surface area contributed by atoms with Gasteiger partial charge in [-0.25, -0.2) is 4.79 Å². The van der Waals surface area contributed by atoms with E-state index in [1.807, 2.05) is 59.3 Å². The highest BCUT2D eigenvalue weighted by molar-refractivity contribution is 6.01. The molecule has 142 valence electrons. The van der Waals surface area contributed by atoms with Crippen molar-refractivity contribution in [3.63, 3.8) is 0 Å². The number of hydrogen-bond acceptors (Lipinski definition) is 2. The van der Waals surface area contributed by atoms with Crippen molar-refractivity contribution < 1.29 is 9.53 Å². The van der Waals surface area contributed by atoms with Gasteiger partial charge in [0.05, 0.1) is 18.7 Å². The molecule has 0 N–H and O–H groups in total. The molecule has 1 saturated heterocycles. The number of methoxy groups -OCH3 is 1. The summed E-state index contributed by atoms with van der Waals surface area (Å²) < 4.78 is 5.28. The predicted molar refractivity (Wildman–Crippen MR) is 111 cm³/mol. The average Bonchev–Trinajstić information content (AvgIpc) is 2.88. The lowest BCUT2D eigenvalue weighted by molar-refractivity contribution is 0.198. The van der Waals surface area contributed by atoms with E-state index < -0.39 is 5.54 Å². The Bertz CT molecular complexity index is 829. The summed E-state index contributed by atoms with van der Waals surface area (Å²) in [5, 5.41) is 0. The molecule has 3 rings (SSSR count). The zero-order valence-corrected chi connectivity index (χ0v) is 16.8. The topological polar surface area (TPSA) is 32.8 Å². The van der Waals surface area contributed by atoms with Gasteiger partial charge in [-0.3, -0.25) is 4.90 Å². The fraction of sp³-hybridized carbons (Fsp3) is 0.348. The molecule has 27 heavy (non-hydrogen) atoms. The van der Waals surface area contributed by atoms with Gasteiger partial charge in [0.15, 0.2) is 0 Å². The Labute approximate surface area is 162 Å². The molecule has 2 amide bonds. The van der Waals surface area contributed by atoms with Crippen LogP contribution in [0, 0.1) is 5.92 Å². The van der Waals surface area contributed by atoms with Crippen molar-refractivity contribution in [1.82, 2.24) is 4.90 Å². The van der Waals surface area contributed by atoms with E-state index in [4.69, 9.17) is 4.74 Å². The zero-order chi connectivity index (χ0) is 19.8. The van der Waals surface area contributed by atoms with Gasteiger partial charge in [-0.15, -0.1) is 0 Å². The molecule has 0 aromatic heterocycles. The monoisotopic (exact) mass is 364 g/mol. The first kappa shape index (κ1) is 19.0. The maximum Gasteiger partial charge on any atom is 0.325 e. The van der Waals surface area contributed by atoms with Crippen LogP contribution >= 0.6 is 0 Å². The van der Waals surface area contributed by atoms with E-state index in [1.165, 1.54) is 0 Å². The van der Waals surface area contributed by atoms with Crippen molar-refractivity contribution in [3.8, 4) is 5.75 Å². The van der Waals surface area contributed by atoms with Crippen LogP contribution < -0.4 is 9.64 Å². The van der Waals surface area contributed by atoms with Crippen LogP contribution in [0.3, 0.4) is 0 Å². The molecule has 0 unspecified atom stereocenters. The number of anilines is 1. The molecule has 0 saturated carbocycles. The minimum Gasteiger partial charge on any atom is -0.497 e. The Kier molecular flexibility index (Phi) is 5.01. The molecule has 0 radical (unpaired) electrons. The van der Waals surface area contributed by atoms with Crippen molar-refractivity contribution in [2.24, 2.45) is 5.92 Å². The summed E-state index contributed by atoms with van der Waals surface area (Å²) in [5.74, 6) is 1.04. The van der Waals surface area contributed by atoms with E-state index in [2.05, 4.69) is 39.5 Å². The molecule has 0 bridgehead atoms. The molecule has 1 fully saturated rings. The molecule has 2 atom stereocenters. The average molecular weight is 364 g/mol. The Morgan fingerprint density at radius 3 is 2.22 bits per heavy atom. The smallest absolute Gasteiger partial charge is 0.325 e. The lowest BCUT2D eigenvalue weighted by atomic mass is 9.76. The summed E-state index contributed by atoms with van der Waals surface area (Å²) >= 11 is 0. The number of carbonyl (C=O) groups excluding carboxylic acids is 1. The largest absolute Gasteiger partial charge is 0.497 e. The summed E-state index contributed by atoms with van der Waals surface area (Å²) in [6.45, 7) is 10.9. The van der Waals surface area contributed by atoms with Crippen molar-refractivity contribution in [1.29, 1.82) is 0 Å². The van der Waals surface area contributed by atoms with Crippen LogP contribution in [0.5, 0.6) is 5.75 Å². The van der Waals surface area contributed by atoms with E-state index >= 15 is 0 Å². The Hall–Kier alpha value is -2.75. The van der Waals surface area contributed by atoms with Gasteiger partial charge < -0.3 is 9.64 Å². The number of benzene rings is 2. The molecular formula is C23H28N2O2. The first-order valence-corrected chi connectivity index (χ1v) is 9.28. The van der Waals surface area contributed by atoms with Crippen molar-refractivity contribution in [3.05, 3.63) is 66.7 Å². The van der Waals surface area contributed by atoms with Gasteiger partial charge in [0.1, 0.15) is 5.75 Å². The predicted octanol–water partition coefficient (Wildman–Crippen LogP) is 5.06. The third kappa shape index (κ3) is 2.99. The first-order chi connectivity index (χ1) is 12.8. The molecule has 0 aliphatic carbocycles. The minimum atomic E-state index is -0.573. The van der Waals surface area contributed by atoms with Crippen molar-refractivity contribution in [2.45, 2.75) is 32.4 Å². The van der Waals surface area contributed by atoms with Crippen LogP contribution in [0.1, 0.15) is 26.3 Å². The summed E-state index contributed by atoms with van der Waals surface area (Å²) in [4.78, 5) is 17.0. The molecule has 1 aliphatic rings. The molecule has 1 heterocycles. The maximum atomic E-state index is 13.3. The number of ether oxygens (including phenoxy) is 1. The van der Waals surface area contributed by atoms with Gasteiger partial charge >= 0.3 is 6.03 Å². The number of likely N-dealkylation sites (N-methyl/N-ethyl adjacent to an activating group) is 1. The normalized spacial score (nSPS) is 22.4. The van der Waals surface area contributed by atoms with E-state index in [9.17, 15) is 4.79 Å². The highest BCUT2D eigenvalue weighted by atomic mass is 16.5. The van der Waals surface area contributed by atoms with Crippen LogP contribution in [0.25, 0.3) is 5.57 Å². The fourth-order valence-corrected chi connectivity index (χ4v) is 4.44. The number of carbonyl (C=O) groups is 1. The molecule has 1 aliphatic heterocycles. The van der Waals surface area contributed by atoms with Crippen LogP contribution in [-0.2, 0) is 0 Å². The first-order valence-electron chi connectivity index (χ1n) is 9.28. The van der Waals surface area contributed by atoms with Crippen LogP contribution in [0.15, 0.2) is 61.2 Å². The molecule has 2 aromatic rings. The van der Waals surface area contributed by atoms with Crippen molar-refractivity contribution >= 4 is 17.3 Å². The fourth-order valence-electron chi connectivity index (χ4n) is 4.44. The van der Waals surface area contributed by atoms with Gasteiger partial charge in [-0.1, -0.05) is 50.8 Å². The summed E-state index contributed by atoms with van der Waals surface area (Å²) in [6, 6.07) is 17.7. The van der Waals surface area contributed by atoms with Gasteiger partial charge in [0.25, 0.3) is 0 Å². The lowest BCUT2D eigenvalue weighted by Crippen LogP contribution is -2.52. The Morgan fingerprint density at radius 2 is 1.70 bits per heavy atom. The molecule has 4 heteroatoms. The zero-order valence-electron chi connectivity index (χ0n) is 16.8. The minimum absolute atomic E-state index is 0.000178. The number of amides is 2. The summed E-state index contributed by atoms with van der Waals surface area (Å²) in [6.07, 6.45) is 0. The third-order valence-electron chi connectivity index (χ3n) is 5.65. The van der Waals surface area contributed by atoms with E-state index in [0.717, 1.165) is 22.6 Å². The van der Waals surface area contributed by atoms with Gasteiger partial charge in [-0.05, 0) is 48.2 Å². The number of nitrogens with zero attached hydrogens (tertiary/aromatic N) is 2.